The van der Waals surface area contributed by atoms with Gasteiger partial charge in [-0.05, 0) is 31.2 Å². The van der Waals surface area contributed by atoms with Crippen molar-refractivity contribution in [3.05, 3.63) is 29.8 Å². The SMILES string of the molecule is CCOC(=O)c1ccc(NCCS(=O)(=O)O)cc1. The summed E-state index contributed by atoms with van der Waals surface area (Å²) in [4.78, 5) is 11.3. The highest BCUT2D eigenvalue weighted by molar-refractivity contribution is 7.85. The van der Waals surface area contributed by atoms with Crippen LogP contribution in [0.1, 0.15) is 17.3 Å². The number of benzene rings is 1. The molecule has 0 aliphatic carbocycles. The predicted molar refractivity (Wildman–Crippen MR) is 67.3 cm³/mol. The van der Waals surface area contributed by atoms with E-state index in [1.54, 1.807) is 31.2 Å². The lowest BCUT2D eigenvalue weighted by Crippen LogP contribution is -2.14. The molecule has 6 nitrogen and oxygen atoms in total. The van der Waals surface area contributed by atoms with E-state index < -0.39 is 16.1 Å². The molecular formula is C11H15NO5S. The highest BCUT2D eigenvalue weighted by Gasteiger charge is 2.06. The van der Waals surface area contributed by atoms with Gasteiger partial charge in [-0.2, -0.15) is 8.42 Å². The number of carbonyl (C=O) groups excluding carboxylic acids is 1. The van der Waals surface area contributed by atoms with Gasteiger partial charge in [0.25, 0.3) is 10.1 Å². The van der Waals surface area contributed by atoms with Crippen LogP contribution >= 0.6 is 0 Å². The van der Waals surface area contributed by atoms with Crippen molar-refractivity contribution in [2.24, 2.45) is 0 Å². The summed E-state index contributed by atoms with van der Waals surface area (Å²) >= 11 is 0. The molecule has 1 rings (SSSR count). The van der Waals surface area contributed by atoms with Crippen LogP contribution in [-0.2, 0) is 14.9 Å². The Morgan fingerprint density at radius 1 is 1.33 bits per heavy atom. The van der Waals surface area contributed by atoms with Crippen molar-refractivity contribution < 1.29 is 22.5 Å². The monoisotopic (exact) mass is 273 g/mol. The van der Waals surface area contributed by atoms with Gasteiger partial charge in [0.2, 0.25) is 0 Å². The molecule has 0 heterocycles. The Bertz CT molecular complexity index is 495. The molecule has 0 saturated carbocycles. The first-order chi connectivity index (χ1) is 8.42. The van der Waals surface area contributed by atoms with Crippen LogP contribution in [-0.4, -0.2) is 37.8 Å². The summed E-state index contributed by atoms with van der Waals surface area (Å²) in [5.74, 6) is -0.769. The first-order valence-corrected chi connectivity index (χ1v) is 6.99. The fourth-order valence-corrected chi connectivity index (χ4v) is 1.62. The third-order valence-corrected chi connectivity index (χ3v) is 2.81. The molecule has 0 spiro atoms. The van der Waals surface area contributed by atoms with Crippen LogP contribution in [0.2, 0.25) is 0 Å². The Morgan fingerprint density at radius 2 is 1.94 bits per heavy atom. The van der Waals surface area contributed by atoms with Crippen molar-refractivity contribution in [2.75, 3.05) is 24.2 Å². The number of ether oxygens (including phenoxy) is 1. The maximum Gasteiger partial charge on any atom is 0.338 e. The number of anilines is 1. The Morgan fingerprint density at radius 3 is 2.44 bits per heavy atom. The largest absolute Gasteiger partial charge is 0.462 e. The Labute approximate surface area is 106 Å². The summed E-state index contributed by atoms with van der Waals surface area (Å²) in [6, 6.07) is 6.42. The fraction of sp³-hybridized carbons (Fsp3) is 0.364. The van der Waals surface area contributed by atoms with Crippen LogP contribution in [0.25, 0.3) is 0 Å². The molecule has 2 N–H and O–H groups in total. The van der Waals surface area contributed by atoms with Gasteiger partial charge in [-0.3, -0.25) is 4.55 Å². The molecular weight excluding hydrogens is 258 g/mol. The Kier molecular flexibility index (Phi) is 5.11. The van der Waals surface area contributed by atoms with Gasteiger partial charge in [-0.1, -0.05) is 0 Å². The minimum absolute atomic E-state index is 0.0948. The predicted octanol–water partition coefficient (Wildman–Crippen LogP) is 1.16. The summed E-state index contributed by atoms with van der Waals surface area (Å²) in [6.07, 6.45) is 0. The van der Waals surface area contributed by atoms with E-state index in [0.717, 1.165) is 0 Å². The Hall–Kier alpha value is -1.60. The molecule has 0 amide bonds. The lowest BCUT2D eigenvalue weighted by atomic mass is 10.2. The summed E-state index contributed by atoms with van der Waals surface area (Å²) < 4.78 is 34.3. The maximum atomic E-state index is 11.3. The second-order valence-electron chi connectivity index (χ2n) is 3.51. The normalized spacial score (nSPS) is 11.0. The number of nitrogens with one attached hydrogen (secondary N) is 1. The standard InChI is InChI=1S/C11H15NO5S/c1-2-17-11(13)9-3-5-10(6-4-9)12-7-8-18(14,15)16/h3-6,12H,2,7-8H2,1H3,(H,14,15,16). The van der Waals surface area contributed by atoms with Crippen LogP contribution in [0.4, 0.5) is 5.69 Å². The van der Waals surface area contributed by atoms with E-state index in [-0.39, 0.29) is 12.3 Å². The molecule has 0 bridgehead atoms. The minimum atomic E-state index is -3.96. The van der Waals surface area contributed by atoms with Gasteiger partial charge < -0.3 is 10.1 Å². The van der Waals surface area contributed by atoms with E-state index in [1.807, 2.05) is 0 Å². The molecule has 7 heteroatoms. The van der Waals surface area contributed by atoms with Gasteiger partial charge in [0.05, 0.1) is 17.9 Å². The van der Waals surface area contributed by atoms with Crippen molar-refractivity contribution in [2.45, 2.75) is 6.92 Å². The molecule has 0 aromatic heterocycles. The molecule has 100 valence electrons. The number of esters is 1. The van der Waals surface area contributed by atoms with E-state index in [0.29, 0.717) is 17.9 Å². The minimum Gasteiger partial charge on any atom is -0.462 e. The zero-order chi connectivity index (χ0) is 13.6. The molecule has 18 heavy (non-hydrogen) atoms. The maximum absolute atomic E-state index is 11.3. The topological polar surface area (TPSA) is 92.7 Å². The first-order valence-electron chi connectivity index (χ1n) is 5.38. The number of carbonyl (C=O) groups is 1. The molecule has 0 aliphatic rings. The molecule has 1 aromatic carbocycles. The average Bonchev–Trinajstić information content (AvgIpc) is 2.28. The zero-order valence-electron chi connectivity index (χ0n) is 9.92. The van der Waals surface area contributed by atoms with Gasteiger partial charge in [0, 0.05) is 12.2 Å². The van der Waals surface area contributed by atoms with Crippen molar-refractivity contribution in [3.8, 4) is 0 Å². The van der Waals surface area contributed by atoms with Crippen LogP contribution in [0.3, 0.4) is 0 Å². The van der Waals surface area contributed by atoms with Crippen LogP contribution < -0.4 is 5.32 Å². The van der Waals surface area contributed by atoms with E-state index in [4.69, 9.17) is 9.29 Å². The molecule has 1 aromatic rings. The molecule has 0 atom stereocenters. The van der Waals surface area contributed by atoms with Crippen LogP contribution in [0.5, 0.6) is 0 Å². The first kappa shape index (κ1) is 14.5. The lowest BCUT2D eigenvalue weighted by molar-refractivity contribution is 0.0526. The fourth-order valence-electron chi connectivity index (χ4n) is 1.26. The van der Waals surface area contributed by atoms with E-state index >= 15 is 0 Å². The van der Waals surface area contributed by atoms with E-state index in [1.165, 1.54) is 0 Å². The third kappa shape index (κ3) is 5.15. The molecule has 0 saturated heterocycles. The van der Waals surface area contributed by atoms with Gasteiger partial charge in [-0.25, -0.2) is 4.79 Å². The summed E-state index contributed by atoms with van der Waals surface area (Å²) in [5, 5.41) is 2.81. The molecule has 0 aliphatic heterocycles. The van der Waals surface area contributed by atoms with Crippen molar-refractivity contribution in [1.82, 2.24) is 0 Å². The highest BCUT2D eigenvalue weighted by Crippen LogP contribution is 2.10. The smallest absolute Gasteiger partial charge is 0.338 e. The summed E-state index contributed by atoms with van der Waals surface area (Å²) in [5.41, 5.74) is 1.09. The van der Waals surface area contributed by atoms with E-state index in [2.05, 4.69) is 5.32 Å². The summed E-state index contributed by atoms with van der Waals surface area (Å²) in [7, 11) is -3.96. The van der Waals surface area contributed by atoms with Gasteiger partial charge in [0.15, 0.2) is 0 Å². The van der Waals surface area contributed by atoms with Gasteiger partial charge >= 0.3 is 5.97 Å². The van der Waals surface area contributed by atoms with Gasteiger partial charge in [0.1, 0.15) is 0 Å². The van der Waals surface area contributed by atoms with Crippen LogP contribution in [0.15, 0.2) is 24.3 Å². The lowest BCUT2D eigenvalue weighted by Gasteiger charge is -2.06. The average molecular weight is 273 g/mol. The third-order valence-electron chi connectivity index (χ3n) is 2.09. The zero-order valence-corrected chi connectivity index (χ0v) is 10.7. The second-order valence-corrected chi connectivity index (χ2v) is 5.08. The Balaban J connectivity index is 2.53. The number of rotatable bonds is 6. The van der Waals surface area contributed by atoms with Crippen molar-refractivity contribution in [3.63, 3.8) is 0 Å². The van der Waals surface area contributed by atoms with Crippen LogP contribution in [0, 0.1) is 0 Å². The number of hydrogen-bond donors (Lipinski definition) is 2. The van der Waals surface area contributed by atoms with Crippen molar-refractivity contribution >= 4 is 21.8 Å². The molecule has 0 fully saturated rings. The van der Waals surface area contributed by atoms with Crippen molar-refractivity contribution in [1.29, 1.82) is 0 Å². The quantitative estimate of drug-likeness (QED) is 0.597. The highest BCUT2D eigenvalue weighted by atomic mass is 32.2. The summed E-state index contributed by atoms with van der Waals surface area (Å²) in [6.45, 7) is 2.13. The number of hydrogen-bond acceptors (Lipinski definition) is 5. The second kappa shape index (κ2) is 6.36. The molecule has 0 radical (unpaired) electrons. The van der Waals surface area contributed by atoms with E-state index in [9.17, 15) is 13.2 Å². The van der Waals surface area contributed by atoms with Gasteiger partial charge in [-0.15, -0.1) is 0 Å². The molecule has 0 unspecified atom stereocenters.